The molecule has 23 heavy (non-hydrogen) atoms. The van der Waals surface area contributed by atoms with Gasteiger partial charge in [-0.25, -0.2) is 4.79 Å². The third kappa shape index (κ3) is 3.67. The number of carbonyl (C=O) groups is 1. The first-order valence-corrected chi connectivity index (χ1v) is 8.47. The zero-order chi connectivity index (χ0) is 16.3. The van der Waals surface area contributed by atoms with Crippen LogP contribution in [-0.4, -0.2) is 43.0 Å². The number of piperidine rings is 1. The van der Waals surface area contributed by atoms with E-state index in [1.54, 1.807) is 0 Å². The van der Waals surface area contributed by atoms with Gasteiger partial charge in [0.1, 0.15) is 0 Å². The Kier molecular flexibility index (Phi) is 4.87. The third-order valence-electron chi connectivity index (χ3n) is 4.95. The second-order valence-corrected chi connectivity index (χ2v) is 6.58. The molecule has 1 N–H and O–H groups in total. The summed E-state index contributed by atoms with van der Waals surface area (Å²) in [6.07, 6.45) is 2.02. The van der Waals surface area contributed by atoms with Gasteiger partial charge in [-0.15, -0.1) is 0 Å². The largest absolute Gasteiger partial charge is 0.347 e. The molecule has 5 nitrogen and oxygen atoms in total. The summed E-state index contributed by atoms with van der Waals surface area (Å²) in [4.78, 5) is 14.5. The zero-order valence-corrected chi connectivity index (χ0v) is 14.0. The Labute approximate surface area is 137 Å². The zero-order valence-electron chi connectivity index (χ0n) is 14.0. The number of nitrogens with one attached hydrogen (secondary N) is 1. The maximum absolute atomic E-state index is 12.6. The molecule has 0 aromatic heterocycles. The van der Waals surface area contributed by atoms with E-state index in [4.69, 9.17) is 9.47 Å². The molecule has 2 aliphatic rings. The summed E-state index contributed by atoms with van der Waals surface area (Å²) in [6, 6.07) is 10.0. The summed E-state index contributed by atoms with van der Waals surface area (Å²) in [5.74, 6) is -0.305. The Morgan fingerprint density at radius 1 is 1.30 bits per heavy atom. The van der Waals surface area contributed by atoms with Gasteiger partial charge in [-0.2, -0.15) is 0 Å². The lowest BCUT2D eigenvalue weighted by Gasteiger charge is -2.40. The van der Waals surface area contributed by atoms with Crippen LogP contribution in [0.1, 0.15) is 38.3 Å². The van der Waals surface area contributed by atoms with E-state index in [1.165, 1.54) is 0 Å². The van der Waals surface area contributed by atoms with Crippen molar-refractivity contribution < 1.29 is 14.3 Å². The fourth-order valence-corrected chi connectivity index (χ4v) is 3.46. The van der Waals surface area contributed by atoms with Gasteiger partial charge in [0.05, 0.1) is 19.3 Å². The minimum Gasteiger partial charge on any atom is -0.347 e. The van der Waals surface area contributed by atoms with Crippen molar-refractivity contribution in [3.05, 3.63) is 35.9 Å². The van der Waals surface area contributed by atoms with Gasteiger partial charge in [0.25, 0.3) is 0 Å². The molecule has 0 unspecified atom stereocenters. The van der Waals surface area contributed by atoms with E-state index in [-0.39, 0.29) is 18.0 Å². The number of hydrogen-bond acceptors (Lipinski definition) is 3. The first kappa shape index (κ1) is 16.3. The monoisotopic (exact) mass is 318 g/mol. The summed E-state index contributed by atoms with van der Waals surface area (Å²) in [5, 5.41) is 3.09. The molecule has 3 rings (SSSR count). The molecular formula is C18H26N2O3. The van der Waals surface area contributed by atoms with E-state index in [1.807, 2.05) is 49.1 Å². The Morgan fingerprint density at radius 3 is 2.70 bits per heavy atom. The number of carbonyl (C=O) groups excluding carboxylic acids is 1. The van der Waals surface area contributed by atoms with Gasteiger partial charge in [-0.05, 0) is 32.3 Å². The van der Waals surface area contributed by atoms with E-state index in [9.17, 15) is 4.79 Å². The maximum Gasteiger partial charge on any atom is 0.317 e. The molecule has 5 heteroatoms. The van der Waals surface area contributed by atoms with Crippen molar-refractivity contribution >= 4 is 6.03 Å². The smallest absolute Gasteiger partial charge is 0.317 e. The van der Waals surface area contributed by atoms with E-state index in [0.29, 0.717) is 19.8 Å². The van der Waals surface area contributed by atoms with Crippen LogP contribution in [0, 0.1) is 5.92 Å². The standard InChI is InChI=1S/C18H26N2O3/c1-14(15-7-4-3-5-8-15)19-17(21)20-10-6-9-16(13-20)18(2)22-11-12-23-18/h3-5,7-8,14,16H,6,9-13H2,1-2H3,(H,19,21)/t14-,16+/m1/s1. The summed E-state index contributed by atoms with van der Waals surface area (Å²) < 4.78 is 11.6. The van der Waals surface area contributed by atoms with E-state index in [0.717, 1.165) is 24.9 Å². The van der Waals surface area contributed by atoms with E-state index >= 15 is 0 Å². The molecule has 2 fully saturated rings. The van der Waals surface area contributed by atoms with Crippen molar-refractivity contribution in [1.82, 2.24) is 10.2 Å². The van der Waals surface area contributed by atoms with Gasteiger partial charge in [0, 0.05) is 19.0 Å². The van der Waals surface area contributed by atoms with Crippen LogP contribution >= 0.6 is 0 Å². The summed E-state index contributed by atoms with van der Waals surface area (Å²) in [6.45, 7) is 6.77. The Hall–Kier alpha value is -1.59. The molecule has 0 radical (unpaired) electrons. The van der Waals surface area contributed by atoms with Gasteiger partial charge in [-0.1, -0.05) is 30.3 Å². The van der Waals surface area contributed by atoms with Crippen LogP contribution in [0.25, 0.3) is 0 Å². The van der Waals surface area contributed by atoms with Crippen molar-refractivity contribution in [2.24, 2.45) is 5.92 Å². The van der Waals surface area contributed by atoms with Crippen LogP contribution in [-0.2, 0) is 9.47 Å². The number of hydrogen-bond donors (Lipinski definition) is 1. The summed E-state index contributed by atoms with van der Waals surface area (Å²) >= 11 is 0. The van der Waals surface area contributed by atoms with Crippen molar-refractivity contribution in [3.63, 3.8) is 0 Å². The van der Waals surface area contributed by atoms with Gasteiger partial charge < -0.3 is 19.7 Å². The van der Waals surface area contributed by atoms with Crippen molar-refractivity contribution in [3.8, 4) is 0 Å². The fourth-order valence-electron chi connectivity index (χ4n) is 3.46. The second kappa shape index (κ2) is 6.89. The van der Waals surface area contributed by atoms with Gasteiger partial charge in [0.2, 0.25) is 0 Å². The molecule has 2 saturated heterocycles. The molecule has 1 aromatic carbocycles. The van der Waals surface area contributed by atoms with Crippen LogP contribution in [0.15, 0.2) is 30.3 Å². The Morgan fingerprint density at radius 2 is 2.00 bits per heavy atom. The van der Waals surface area contributed by atoms with Crippen LogP contribution in [0.2, 0.25) is 0 Å². The van der Waals surface area contributed by atoms with Crippen molar-refractivity contribution in [2.45, 2.75) is 38.5 Å². The van der Waals surface area contributed by atoms with Crippen LogP contribution in [0.5, 0.6) is 0 Å². The highest BCUT2D eigenvalue weighted by Gasteiger charge is 2.42. The Balaban J connectivity index is 1.59. The number of benzene rings is 1. The highest BCUT2D eigenvalue weighted by Crippen LogP contribution is 2.34. The number of ether oxygens (including phenoxy) is 2. The fraction of sp³-hybridized carbons (Fsp3) is 0.611. The first-order valence-electron chi connectivity index (χ1n) is 8.47. The van der Waals surface area contributed by atoms with Crippen LogP contribution in [0.3, 0.4) is 0 Å². The number of amides is 2. The molecule has 0 spiro atoms. The average Bonchev–Trinajstić information content (AvgIpc) is 3.04. The lowest BCUT2D eigenvalue weighted by atomic mass is 9.90. The van der Waals surface area contributed by atoms with E-state index in [2.05, 4.69) is 5.32 Å². The molecule has 2 aliphatic heterocycles. The molecule has 2 heterocycles. The molecule has 0 bridgehead atoms. The Bertz CT molecular complexity index is 528. The minimum absolute atomic E-state index is 0.00126. The number of rotatable bonds is 3. The van der Waals surface area contributed by atoms with Crippen molar-refractivity contribution in [2.75, 3.05) is 26.3 Å². The highest BCUT2D eigenvalue weighted by atomic mass is 16.7. The predicted octanol–water partition coefficient (Wildman–Crippen LogP) is 2.93. The molecule has 2 atom stereocenters. The molecular weight excluding hydrogens is 292 g/mol. The normalized spacial score (nSPS) is 25.1. The molecule has 2 amide bonds. The number of nitrogens with zero attached hydrogens (tertiary/aromatic N) is 1. The third-order valence-corrected chi connectivity index (χ3v) is 4.95. The second-order valence-electron chi connectivity index (χ2n) is 6.58. The SMILES string of the molecule is C[C@@H](NC(=O)N1CCC[C@H](C2(C)OCCO2)C1)c1ccccc1. The summed E-state index contributed by atoms with van der Waals surface area (Å²) in [7, 11) is 0. The highest BCUT2D eigenvalue weighted by molar-refractivity contribution is 5.74. The first-order chi connectivity index (χ1) is 11.1. The van der Waals surface area contributed by atoms with Crippen molar-refractivity contribution in [1.29, 1.82) is 0 Å². The number of urea groups is 1. The maximum atomic E-state index is 12.6. The molecule has 0 saturated carbocycles. The molecule has 0 aliphatic carbocycles. The molecule has 126 valence electrons. The molecule has 1 aromatic rings. The van der Waals surface area contributed by atoms with Crippen LogP contribution in [0.4, 0.5) is 4.79 Å². The van der Waals surface area contributed by atoms with E-state index < -0.39 is 5.79 Å². The van der Waals surface area contributed by atoms with Crippen LogP contribution < -0.4 is 5.32 Å². The number of likely N-dealkylation sites (tertiary alicyclic amines) is 1. The minimum atomic E-state index is -0.538. The summed E-state index contributed by atoms with van der Waals surface area (Å²) in [5.41, 5.74) is 1.11. The quantitative estimate of drug-likeness (QED) is 0.932. The average molecular weight is 318 g/mol. The lowest BCUT2D eigenvalue weighted by molar-refractivity contribution is -0.189. The lowest BCUT2D eigenvalue weighted by Crippen LogP contribution is -2.51. The van der Waals surface area contributed by atoms with Gasteiger partial charge in [-0.3, -0.25) is 0 Å². The predicted molar refractivity (Wildman–Crippen MR) is 88.0 cm³/mol. The topological polar surface area (TPSA) is 50.8 Å². The van der Waals surface area contributed by atoms with Gasteiger partial charge >= 0.3 is 6.03 Å². The van der Waals surface area contributed by atoms with Gasteiger partial charge in [0.15, 0.2) is 5.79 Å².